The SMILES string of the molecule is CCCCOc1ccc(C(=O)OC2CCC(c3ccc(C4CCC(OCCCC)CC4)c(F)c3F)CC2)cc1F. The summed E-state index contributed by atoms with van der Waals surface area (Å²) < 4.78 is 61.8. The highest BCUT2D eigenvalue weighted by molar-refractivity contribution is 5.89. The van der Waals surface area contributed by atoms with Crippen molar-refractivity contribution < 1.29 is 32.2 Å². The Labute approximate surface area is 236 Å². The summed E-state index contributed by atoms with van der Waals surface area (Å²) in [6.07, 6.45) is 9.44. The molecular weight excluding hydrogens is 517 g/mol. The Morgan fingerprint density at radius 1 is 0.750 bits per heavy atom. The Bertz CT molecular complexity index is 1110. The van der Waals surface area contributed by atoms with Crippen molar-refractivity contribution in [3.05, 3.63) is 64.5 Å². The van der Waals surface area contributed by atoms with Crippen LogP contribution in [0, 0.1) is 17.5 Å². The summed E-state index contributed by atoms with van der Waals surface area (Å²) in [5.41, 5.74) is 1.01. The molecule has 2 aliphatic carbocycles. The summed E-state index contributed by atoms with van der Waals surface area (Å²) in [6, 6.07) is 7.62. The van der Waals surface area contributed by atoms with Gasteiger partial charge in [0.25, 0.3) is 0 Å². The molecule has 0 heterocycles. The van der Waals surface area contributed by atoms with Gasteiger partial charge in [0, 0.05) is 6.61 Å². The summed E-state index contributed by atoms with van der Waals surface area (Å²) in [5, 5.41) is 0. The van der Waals surface area contributed by atoms with Gasteiger partial charge in [-0.15, -0.1) is 0 Å². The number of benzene rings is 2. The maximum absolute atomic E-state index is 15.2. The topological polar surface area (TPSA) is 44.8 Å². The van der Waals surface area contributed by atoms with Crippen molar-refractivity contribution in [1.29, 1.82) is 0 Å². The lowest BCUT2D eigenvalue weighted by Crippen LogP contribution is -2.25. The van der Waals surface area contributed by atoms with Gasteiger partial charge in [-0.25, -0.2) is 18.0 Å². The van der Waals surface area contributed by atoms with Crippen LogP contribution in [0.15, 0.2) is 30.3 Å². The quantitative estimate of drug-likeness (QED) is 0.192. The molecule has 2 aromatic rings. The second-order valence-corrected chi connectivity index (χ2v) is 11.3. The van der Waals surface area contributed by atoms with Gasteiger partial charge in [0.05, 0.1) is 18.3 Å². The van der Waals surface area contributed by atoms with Gasteiger partial charge in [0.1, 0.15) is 6.10 Å². The smallest absolute Gasteiger partial charge is 0.338 e. The van der Waals surface area contributed by atoms with Gasteiger partial charge in [-0.2, -0.15) is 0 Å². The minimum Gasteiger partial charge on any atom is -0.491 e. The lowest BCUT2D eigenvalue weighted by Gasteiger charge is -2.31. The van der Waals surface area contributed by atoms with Gasteiger partial charge in [0.2, 0.25) is 0 Å². The number of hydrogen-bond acceptors (Lipinski definition) is 4. The van der Waals surface area contributed by atoms with E-state index in [1.807, 2.05) is 6.92 Å². The van der Waals surface area contributed by atoms with Crippen LogP contribution in [0.2, 0.25) is 0 Å². The van der Waals surface area contributed by atoms with E-state index in [0.717, 1.165) is 64.0 Å². The summed E-state index contributed by atoms with van der Waals surface area (Å²) >= 11 is 0. The molecule has 4 nitrogen and oxygen atoms in total. The van der Waals surface area contributed by atoms with E-state index in [1.165, 1.54) is 12.1 Å². The standard InChI is InChI=1S/C33H43F3O4/c1-3-5-19-38-25-12-7-22(8-13-25)27-16-17-28(32(36)31(27)35)23-9-14-26(15-10-23)40-33(37)24-11-18-30(29(34)21-24)39-20-6-4-2/h11,16-18,21-23,25-26H,3-10,12-15,19-20H2,1-2H3. The van der Waals surface area contributed by atoms with E-state index in [1.54, 1.807) is 12.1 Å². The van der Waals surface area contributed by atoms with E-state index in [2.05, 4.69) is 6.92 Å². The summed E-state index contributed by atoms with van der Waals surface area (Å²) in [4.78, 5) is 12.6. The number of halogens is 3. The number of ether oxygens (including phenoxy) is 3. The highest BCUT2D eigenvalue weighted by Crippen LogP contribution is 2.40. The molecule has 220 valence electrons. The van der Waals surface area contributed by atoms with E-state index >= 15 is 8.78 Å². The fourth-order valence-corrected chi connectivity index (χ4v) is 5.93. The Hall–Kier alpha value is -2.54. The molecule has 0 aromatic heterocycles. The van der Waals surface area contributed by atoms with Crippen LogP contribution >= 0.6 is 0 Å². The third-order valence-electron chi connectivity index (χ3n) is 8.42. The number of carbonyl (C=O) groups excluding carboxylic acids is 1. The lowest BCUT2D eigenvalue weighted by molar-refractivity contribution is 0.0192. The van der Waals surface area contributed by atoms with Crippen molar-refractivity contribution >= 4 is 5.97 Å². The molecular formula is C33H43F3O4. The predicted octanol–water partition coefficient (Wildman–Crippen LogP) is 9.01. The van der Waals surface area contributed by atoms with Crippen LogP contribution < -0.4 is 4.74 Å². The van der Waals surface area contributed by atoms with Crippen LogP contribution in [-0.2, 0) is 9.47 Å². The summed E-state index contributed by atoms with van der Waals surface area (Å²) in [6.45, 7) is 5.35. The number of unbranched alkanes of at least 4 members (excludes halogenated alkanes) is 2. The fraction of sp³-hybridized carbons (Fsp3) is 0.606. The maximum atomic E-state index is 15.2. The highest BCUT2D eigenvalue weighted by atomic mass is 19.2. The highest BCUT2D eigenvalue weighted by Gasteiger charge is 2.31. The Morgan fingerprint density at radius 2 is 1.30 bits per heavy atom. The zero-order valence-corrected chi connectivity index (χ0v) is 23.9. The Morgan fingerprint density at radius 3 is 1.85 bits per heavy atom. The number of esters is 1. The number of rotatable bonds is 12. The van der Waals surface area contributed by atoms with Gasteiger partial charge in [-0.3, -0.25) is 0 Å². The lowest BCUT2D eigenvalue weighted by atomic mass is 9.79. The number of hydrogen-bond donors (Lipinski definition) is 0. The van der Waals surface area contributed by atoms with Gasteiger partial charge >= 0.3 is 5.97 Å². The van der Waals surface area contributed by atoms with Crippen LogP contribution in [0.3, 0.4) is 0 Å². The third kappa shape index (κ3) is 7.80. The van der Waals surface area contributed by atoms with Gasteiger partial charge in [0.15, 0.2) is 23.2 Å². The van der Waals surface area contributed by atoms with Gasteiger partial charge in [-0.05, 0) is 105 Å². The summed E-state index contributed by atoms with van der Waals surface area (Å²) in [7, 11) is 0. The van der Waals surface area contributed by atoms with E-state index < -0.39 is 23.4 Å². The molecule has 0 spiro atoms. The molecule has 4 rings (SSSR count). The molecule has 0 unspecified atom stereocenters. The van der Waals surface area contributed by atoms with Crippen molar-refractivity contribution in [3.63, 3.8) is 0 Å². The average molecular weight is 561 g/mol. The third-order valence-corrected chi connectivity index (χ3v) is 8.42. The molecule has 0 saturated heterocycles. The molecule has 0 atom stereocenters. The van der Waals surface area contributed by atoms with Crippen molar-refractivity contribution in [1.82, 2.24) is 0 Å². The molecule has 2 fully saturated rings. The second-order valence-electron chi connectivity index (χ2n) is 11.3. The van der Waals surface area contributed by atoms with Crippen molar-refractivity contribution in [2.75, 3.05) is 13.2 Å². The van der Waals surface area contributed by atoms with Crippen molar-refractivity contribution in [2.45, 2.75) is 115 Å². The molecule has 2 saturated carbocycles. The van der Waals surface area contributed by atoms with E-state index in [9.17, 15) is 9.18 Å². The molecule has 40 heavy (non-hydrogen) atoms. The molecule has 0 amide bonds. The Kier molecular flexibility index (Phi) is 11.3. The van der Waals surface area contributed by atoms with E-state index in [-0.39, 0.29) is 35.4 Å². The van der Waals surface area contributed by atoms with Crippen LogP contribution in [0.4, 0.5) is 13.2 Å². The molecule has 0 N–H and O–H groups in total. The monoisotopic (exact) mass is 560 g/mol. The first-order chi connectivity index (χ1) is 19.4. The van der Waals surface area contributed by atoms with Crippen LogP contribution in [0.1, 0.15) is 124 Å². The predicted molar refractivity (Wildman–Crippen MR) is 149 cm³/mol. The molecule has 2 aromatic carbocycles. The molecule has 2 aliphatic rings. The van der Waals surface area contributed by atoms with Crippen LogP contribution in [-0.4, -0.2) is 31.4 Å². The van der Waals surface area contributed by atoms with Crippen molar-refractivity contribution in [3.8, 4) is 5.75 Å². The number of carbonyl (C=O) groups is 1. The maximum Gasteiger partial charge on any atom is 0.338 e. The van der Waals surface area contributed by atoms with E-state index in [4.69, 9.17) is 14.2 Å². The first-order valence-electron chi connectivity index (χ1n) is 15.1. The normalized spacial score (nSPS) is 23.1. The van der Waals surface area contributed by atoms with Crippen molar-refractivity contribution in [2.24, 2.45) is 0 Å². The largest absolute Gasteiger partial charge is 0.491 e. The zero-order valence-electron chi connectivity index (χ0n) is 23.9. The summed E-state index contributed by atoms with van der Waals surface area (Å²) in [5.74, 6) is -2.63. The minimum atomic E-state index is -0.740. The first kappa shape index (κ1) is 30.4. The van der Waals surface area contributed by atoms with Gasteiger partial charge < -0.3 is 14.2 Å². The van der Waals surface area contributed by atoms with Gasteiger partial charge in [-0.1, -0.05) is 38.8 Å². The van der Waals surface area contributed by atoms with Crippen LogP contribution in [0.25, 0.3) is 0 Å². The van der Waals surface area contributed by atoms with E-state index in [0.29, 0.717) is 43.4 Å². The molecule has 0 radical (unpaired) electrons. The Balaban J connectivity index is 1.28. The van der Waals surface area contributed by atoms with Crippen LogP contribution in [0.5, 0.6) is 5.75 Å². The second kappa shape index (κ2) is 14.9. The minimum absolute atomic E-state index is 0.0199. The average Bonchev–Trinajstić information content (AvgIpc) is 2.96. The molecule has 7 heteroatoms. The molecule has 0 aliphatic heterocycles. The molecule has 0 bridgehead atoms. The first-order valence-corrected chi connectivity index (χ1v) is 15.1. The fourth-order valence-electron chi connectivity index (χ4n) is 5.93. The zero-order chi connectivity index (χ0) is 28.5.